The summed E-state index contributed by atoms with van der Waals surface area (Å²) in [6, 6.07) is 12.3. The standard InChI is InChI=1S/C18H16F3NO4/c19-18(20,21)26-16-9-8-15(23)11-14(16)7-4-10-22-17(24)25-12-13-5-2-1-3-6-13/h1-9,11,23H,10,12H2,(H,22,24). The third-order valence-electron chi connectivity index (χ3n) is 3.09. The number of hydrogen-bond donors (Lipinski definition) is 2. The van der Waals surface area contributed by atoms with Gasteiger partial charge in [-0.1, -0.05) is 42.5 Å². The number of rotatable bonds is 6. The van der Waals surface area contributed by atoms with Crippen molar-refractivity contribution in [1.82, 2.24) is 5.32 Å². The number of nitrogens with one attached hydrogen (secondary N) is 1. The minimum Gasteiger partial charge on any atom is -0.508 e. The summed E-state index contributed by atoms with van der Waals surface area (Å²) in [6.45, 7) is 0.126. The monoisotopic (exact) mass is 367 g/mol. The minimum absolute atomic E-state index is 0.0155. The van der Waals surface area contributed by atoms with E-state index in [2.05, 4.69) is 10.1 Å². The molecule has 0 unspecified atom stereocenters. The van der Waals surface area contributed by atoms with Crippen LogP contribution in [0.15, 0.2) is 54.6 Å². The van der Waals surface area contributed by atoms with Crippen molar-refractivity contribution >= 4 is 12.2 Å². The van der Waals surface area contributed by atoms with Gasteiger partial charge in [-0.25, -0.2) is 4.79 Å². The highest BCUT2D eigenvalue weighted by Crippen LogP contribution is 2.29. The molecule has 0 spiro atoms. The topological polar surface area (TPSA) is 67.8 Å². The van der Waals surface area contributed by atoms with Gasteiger partial charge in [0.2, 0.25) is 0 Å². The van der Waals surface area contributed by atoms with Crippen molar-refractivity contribution in [2.45, 2.75) is 13.0 Å². The lowest BCUT2D eigenvalue weighted by Gasteiger charge is -2.11. The molecule has 0 aliphatic carbocycles. The van der Waals surface area contributed by atoms with Gasteiger partial charge in [0.05, 0.1) is 0 Å². The fourth-order valence-corrected chi connectivity index (χ4v) is 1.99. The Bertz CT molecular complexity index is 761. The largest absolute Gasteiger partial charge is 0.573 e. The van der Waals surface area contributed by atoms with Crippen LogP contribution in [-0.2, 0) is 11.3 Å². The van der Waals surface area contributed by atoms with Crippen LogP contribution in [0.5, 0.6) is 11.5 Å². The van der Waals surface area contributed by atoms with Crippen molar-refractivity contribution in [2.75, 3.05) is 6.54 Å². The van der Waals surface area contributed by atoms with E-state index in [1.54, 1.807) is 12.1 Å². The number of carbonyl (C=O) groups excluding carboxylic acids is 1. The summed E-state index contributed by atoms with van der Waals surface area (Å²) in [5.74, 6) is -0.674. The van der Waals surface area contributed by atoms with E-state index in [-0.39, 0.29) is 24.5 Å². The summed E-state index contributed by atoms with van der Waals surface area (Å²) >= 11 is 0. The molecule has 138 valence electrons. The SMILES string of the molecule is O=C(NCC=Cc1cc(O)ccc1OC(F)(F)F)OCc1ccccc1. The van der Waals surface area contributed by atoms with Crippen LogP contribution in [0, 0.1) is 0 Å². The smallest absolute Gasteiger partial charge is 0.508 e. The number of carbonyl (C=O) groups is 1. The maximum Gasteiger partial charge on any atom is 0.573 e. The first kappa shape index (κ1) is 19.2. The zero-order chi connectivity index (χ0) is 19.0. The van der Waals surface area contributed by atoms with Crippen molar-refractivity contribution in [3.63, 3.8) is 0 Å². The molecule has 1 amide bonds. The second-order valence-corrected chi connectivity index (χ2v) is 5.11. The molecule has 8 heteroatoms. The molecule has 2 aromatic rings. The number of phenols is 1. The number of hydrogen-bond acceptors (Lipinski definition) is 4. The molecule has 0 fully saturated rings. The summed E-state index contributed by atoms with van der Waals surface area (Å²) in [5.41, 5.74) is 0.841. The Kier molecular flexibility index (Phi) is 6.48. The third-order valence-corrected chi connectivity index (χ3v) is 3.09. The summed E-state index contributed by atoms with van der Waals surface area (Å²) in [5, 5.41) is 11.8. The molecular formula is C18H16F3NO4. The molecule has 0 aliphatic rings. The first-order chi connectivity index (χ1) is 12.3. The van der Waals surface area contributed by atoms with E-state index >= 15 is 0 Å². The molecule has 2 N–H and O–H groups in total. The Labute approximate surface area is 147 Å². The minimum atomic E-state index is -4.85. The maximum atomic E-state index is 12.4. The van der Waals surface area contributed by atoms with E-state index in [0.29, 0.717) is 0 Å². The van der Waals surface area contributed by atoms with Crippen molar-refractivity contribution in [3.8, 4) is 11.5 Å². The van der Waals surface area contributed by atoms with Gasteiger partial charge in [-0.05, 0) is 23.8 Å². The number of phenolic OH excluding ortho intramolecular Hbond substituents is 1. The van der Waals surface area contributed by atoms with Gasteiger partial charge >= 0.3 is 12.5 Å². The third kappa shape index (κ3) is 6.76. The van der Waals surface area contributed by atoms with Crippen molar-refractivity contribution in [2.24, 2.45) is 0 Å². The molecule has 0 heterocycles. The number of aromatic hydroxyl groups is 1. The van der Waals surface area contributed by atoms with E-state index in [9.17, 15) is 23.1 Å². The zero-order valence-electron chi connectivity index (χ0n) is 13.5. The van der Waals surface area contributed by atoms with Crippen LogP contribution in [-0.4, -0.2) is 24.1 Å². The van der Waals surface area contributed by atoms with Gasteiger partial charge in [0.1, 0.15) is 18.1 Å². The first-order valence-corrected chi connectivity index (χ1v) is 7.53. The van der Waals surface area contributed by atoms with Gasteiger partial charge in [-0.2, -0.15) is 0 Å². The average Bonchev–Trinajstić information content (AvgIpc) is 2.59. The van der Waals surface area contributed by atoms with Gasteiger partial charge in [-0.3, -0.25) is 0 Å². The number of alkyl carbamates (subject to hydrolysis) is 1. The van der Waals surface area contributed by atoms with Crippen LogP contribution in [0.3, 0.4) is 0 Å². The second kappa shape index (κ2) is 8.80. The molecule has 26 heavy (non-hydrogen) atoms. The number of halogens is 3. The maximum absolute atomic E-state index is 12.4. The van der Waals surface area contributed by atoms with Crippen LogP contribution >= 0.6 is 0 Å². The molecule has 0 bridgehead atoms. The van der Waals surface area contributed by atoms with Crippen LogP contribution in [0.1, 0.15) is 11.1 Å². The lowest BCUT2D eigenvalue weighted by molar-refractivity contribution is -0.274. The van der Waals surface area contributed by atoms with Crippen LogP contribution in [0.2, 0.25) is 0 Å². The molecule has 0 saturated carbocycles. The quantitative estimate of drug-likeness (QED) is 0.802. The van der Waals surface area contributed by atoms with E-state index in [4.69, 9.17) is 4.74 Å². The number of benzene rings is 2. The zero-order valence-corrected chi connectivity index (χ0v) is 13.5. The fourth-order valence-electron chi connectivity index (χ4n) is 1.99. The molecular weight excluding hydrogens is 351 g/mol. The van der Waals surface area contributed by atoms with Crippen LogP contribution in [0.4, 0.5) is 18.0 Å². The second-order valence-electron chi connectivity index (χ2n) is 5.11. The van der Waals surface area contributed by atoms with Gasteiger partial charge in [0.25, 0.3) is 0 Å². The summed E-state index contributed by atoms with van der Waals surface area (Å²) in [4.78, 5) is 11.6. The summed E-state index contributed by atoms with van der Waals surface area (Å²) in [6.07, 6.45) is -2.82. The van der Waals surface area contributed by atoms with Crippen molar-refractivity contribution in [1.29, 1.82) is 0 Å². The highest BCUT2D eigenvalue weighted by atomic mass is 19.4. The highest BCUT2D eigenvalue weighted by molar-refractivity contribution is 5.68. The highest BCUT2D eigenvalue weighted by Gasteiger charge is 2.31. The van der Waals surface area contributed by atoms with E-state index < -0.39 is 18.2 Å². The number of amides is 1. The predicted octanol–water partition coefficient (Wildman–Crippen LogP) is 4.23. The molecule has 2 aromatic carbocycles. The Morgan fingerprint density at radius 1 is 1.15 bits per heavy atom. The van der Waals surface area contributed by atoms with Gasteiger partial charge in [0, 0.05) is 12.1 Å². The van der Waals surface area contributed by atoms with Gasteiger partial charge in [-0.15, -0.1) is 13.2 Å². The molecule has 0 aromatic heterocycles. The van der Waals surface area contributed by atoms with Gasteiger partial charge < -0.3 is 19.9 Å². The first-order valence-electron chi connectivity index (χ1n) is 7.53. The summed E-state index contributed by atoms with van der Waals surface area (Å²) in [7, 11) is 0. The predicted molar refractivity (Wildman–Crippen MR) is 88.5 cm³/mol. The molecule has 2 rings (SSSR count). The molecule has 0 aliphatic heterocycles. The average molecular weight is 367 g/mol. The molecule has 0 saturated heterocycles. The Morgan fingerprint density at radius 2 is 1.88 bits per heavy atom. The van der Waals surface area contributed by atoms with E-state index in [1.165, 1.54) is 12.2 Å². The van der Waals surface area contributed by atoms with E-state index in [0.717, 1.165) is 23.8 Å². The molecule has 5 nitrogen and oxygen atoms in total. The van der Waals surface area contributed by atoms with Crippen LogP contribution in [0.25, 0.3) is 6.08 Å². The van der Waals surface area contributed by atoms with Gasteiger partial charge in [0.15, 0.2) is 0 Å². The van der Waals surface area contributed by atoms with Crippen molar-refractivity contribution < 1.29 is 32.5 Å². The van der Waals surface area contributed by atoms with Crippen molar-refractivity contribution in [3.05, 3.63) is 65.7 Å². The Balaban J connectivity index is 1.86. The van der Waals surface area contributed by atoms with E-state index in [1.807, 2.05) is 18.2 Å². The molecule has 0 atom stereocenters. The number of alkyl halides is 3. The van der Waals surface area contributed by atoms with Crippen LogP contribution < -0.4 is 10.1 Å². The normalized spacial score (nSPS) is 11.3. The lowest BCUT2D eigenvalue weighted by atomic mass is 10.1. The number of ether oxygens (including phenoxy) is 2. The Morgan fingerprint density at radius 3 is 2.58 bits per heavy atom. The fraction of sp³-hybridized carbons (Fsp3) is 0.167. The Hall–Kier alpha value is -3.16. The summed E-state index contributed by atoms with van der Waals surface area (Å²) < 4.78 is 45.9. The lowest BCUT2D eigenvalue weighted by Crippen LogP contribution is -2.24. The molecule has 0 radical (unpaired) electrons.